The highest BCUT2D eigenvalue weighted by Crippen LogP contribution is 2.28. The minimum absolute atomic E-state index is 0.370. The summed E-state index contributed by atoms with van der Waals surface area (Å²) in [5.41, 5.74) is 10.4. The Labute approximate surface area is 98.5 Å². The van der Waals surface area contributed by atoms with Crippen molar-refractivity contribution in [3.8, 4) is 0 Å². The number of imidazole rings is 1. The molecule has 6 nitrogen and oxygen atoms in total. The number of nitrogens with zero attached hydrogens (tertiary/aromatic N) is 6. The minimum atomic E-state index is 0.370. The van der Waals surface area contributed by atoms with Gasteiger partial charge in [-0.25, -0.2) is 4.52 Å². The average Bonchev–Trinajstić information content (AvgIpc) is 2.83. The third kappa shape index (κ3) is 1.76. The zero-order valence-electron chi connectivity index (χ0n) is 9.53. The third-order valence-corrected chi connectivity index (χ3v) is 3.49. The second kappa shape index (κ2) is 4.14. The van der Waals surface area contributed by atoms with E-state index >= 15 is 0 Å². The van der Waals surface area contributed by atoms with Gasteiger partial charge in [0, 0.05) is 29.4 Å². The molecule has 0 N–H and O–H groups in total. The van der Waals surface area contributed by atoms with Gasteiger partial charge in [0.2, 0.25) is 0 Å². The Kier molecular flexibility index (Phi) is 2.49. The van der Waals surface area contributed by atoms with E-state index in [0.717, 1.165) is 23.7 Å². The molecule has 88 valence electrons. The molecule has 6 heteroatoms. The summed E-state index contributed by atoms with van der Waals surface area (Å²) in [7, 11) is 0. The van der Waals surface area contributed by atoms with Crippen molar-refractivity contribution in [2.24, 2.45) is 11.0 Å². The molecule has 0 saturated heterocycles. The van der Waals surface area contributed by atoms with Crippen molar-refractivity contribution >= 4 is 5.65 Å². The summed E-state index contributed by atoms with van der Waals surface area (Å²) in [5, 5.41) is 7.87. The fraction of sp³-hybridized carbons (Fsp3) is 0.545. The van der Waals surface area contributed by atoms with E-state index in [9.17, 15) is 0 Å². The predicted molar refractivity (Wildman–Crippen MR) is 63.4 cm³/mol. The summed E-state index contributed by atoms with van der Waals surface area (Å²) < 4.78 is 4.07. The van der Waals surface area contributed by atoms with E-state index < -0.39 is 0 Å². The highest BCUT2D eigenvalue weighted by atomic mass is 15.3. The van der Waals surface area contributed by atoms with Gasteiger partial charge in [0.25, 0.3) is 0 Å². The van der Waals surface area contributed by atoms with E-state index in [-0.39, 0.29) is 0 Å². The van der Waals surface area contributed by atoms with Crippen LogP contribution in [0.5, 0.6) is 0 Å². The number of hydrogen-bond donors (Lipinski definition) is 0. The fourth-order valence-electron chi connectivity index (χ4n) is 2.35. The first-order chi connectivity index (χ1) is 8.38. The van der Waals surface area contributed by atoms with Crippen molar-refractivity contribution in [3.63, 3.8) is 0 Å². The van der Waals surface area contributed by atoms with Crippen LogP contribution >= 0.6 is 0 Å². The summed E-state index contributed by atoms with van der Waals surface area (Å²) in [4.78, 5) is 2.80. The predicted octanol–water partition coefficient (Wildman–Crippen LogP) is 2.75. The van der Waals surface area contributed by atoms with E-state index in [1.54, 1.807) is 6.20 Å². The summed E-state index contributed by atoms with van der Waals surface area (Å²) in [6, 6.07) is 0. The number of hydrogen-bond acceptors (Lipinski definition) is 2. The van der Waals surface area contributed by atoms with Gasteiger partial charge in [0.15, 0.2) is 0 Å². The molecule has 3 rings (SSSR count). The van der Waals surface area contributed by atoms with Gasteiger partial charge in [-0.05, 0) is 24.3 Å². The Morgan fingerprint density at radius 3 is 3.06 bits per heavy atom. The van der Waals surface area contributed by atoms with E-state index in [4.69, 9.17) is 5.53 Å². The van der Waals surface area contributed by atoms with E-state index in [1.165, 1.54) is 19.3 Å². The molecule has 1 aliphatic rings. The molecule has 0 amide bonds. The molecule has 0 aliphatic heterocycles. The van der Waals surface area contributed by atoms with Crippen LogP contribution in [0.4, 0.5) is 0 Å². The van der Waals surface area contributed by atoms with Crippen LogP contribution in [-0.4, -0.2) is 14.2 Å². The van der Waals surface area contributed by atoms with Crippen LogP contribution in [0.2, 0.25) is 0 Å². The normalized spacial score (nSPS) is 15.8. The lowest BCUT2D eigenvalue weighted by Gasteiger charge is -2.25. The van der Waals surface area contributed by atoms with Crippen molar-refractivity contribution in [3.05, 3.63) is 34.6 Å². The van der Waals surface area contributed by atoms with Crippen molar-refractivity contribution in [1.29, 1.82) is 0 Å². The number of fused-ring (bicyclic) bond motifs is 1. The Hall–Kier alpha value is -1.94. The molecule has 2 aromatic rings. The molecule has 0 bridgehead atoms. The second-order valence-corrected chi connectivity index (χ2v) is 4.57. The lowest BCUT2D eigenvalue weighted by Crippen LogP contribution is -2.17. The molecule has 0 radical (unpaired) electrons. The molecule has 0 aromatic carbocycles. The maximum atomic E-state index is 8.37. The topological polar surface area (TPSA) is 71.0 Å². The average molecular weight is 230 g/mol. The van der Waals surface area contributed by atoms with Gasteiger partial charge in [-0.3, -0.25) is 0 Å². The molecule has 0 spiro atoms. The van der Waals surface area contributed by atoms with E-state index in [1.807, 2.05) is 10.7 Å². The van der Waals surface area contributed by atoms with Crippen molar-refractivity contribution in [2.45, 2.75) is 32.4 Å². The molecule has 17 heavy (non-hydrogen) atoms. The molecule has 0 unspecified atom stereocenters. The lowest BCUT2D eigenvalue weighted by atomic mass is 9.85. The number of aromatic nitrogens is 3. The van der Waals surface area contributed by atoms with Gasteiger partial charge in [-0.1, -0.05) is 11.5 Å². The highest BCUT2D eigenvalue weighted by molar-refractivity contribution is 5.48. The molecule has 2 heterocycles. The molecule has 1 fully saturated rings. The van der Waals surface area contributed by atoms with Crippen LogP contribution < -0.4 is 0 Å². The summed E-state index contributed by atoms with van der Waals surface area (Å²) in [6.45, 7) is 1.42. The first-order valence-corrected chi connectivity index (χ1v) is 5.90. The highest BCUT2D eigenvalue weighted by Gasteiger charge is 2.19. The smallest absolute Gasteiger partial charge is 0.139 e. The first kappa shape index (κ1) is 10.2. The van der Waals surface area contributed by atoms with Crippen LogP contribution in [0, 0.1) is 5.92 Å². The van der Waals surface area contributed by atoms with Crippen LogP contribution in [-0.2, 0) is 13.1 Å². The number of rotatable bonds is 4. The van der Waals surface area contributed by atoms with Crippen molar-refractivity contribution in [1.82, 2.24) is 14.2 Å². The molecule has 0 atom stereocenters. The van der Waals surface area contributed by atoms with Gasteiger partial charge < -0.3 is 4.57 Å². The number of azide groups is 1. The van der Waals surface area contributed by atoms with Crippen LogP contribution in [0.1, 0.15) is 24.8 Å². The zero-order valence-corrected chi connectivity index (χ0v) is 9.53. The maximum Gasteiger partial charge on any atom is 0.139 e. The van der Waals surface area contributed by atoms with Gasteiger partial charge in [-0.2, -0.15) is 5.10 Å². The van der Waals surface area contributed by atoms with Gasteiger partial charge in [0.1, 0.15) is 5.65 Å². The monoisotopic (exact) mass is 230 g/mol. The Morgan fingerprint density at radius 2 is 2.35 bits per heavy atom. The standard InChI is InChI=1S/C11H14N6/c12-15-13-6-10-7-14-17-5-4-16(11(10)17)8-9-2-1-3-9/h4-5,7,9H,1-3,6,8H2. The quantitative estimate of drug-likeness (QED) is 0.452. The Morgan fingerprint density at radius 1 is 1.47 bits per heavy atom. The SMILES string of the molecule is [N-]=[N+]=NCc1cnn2ccn(CC3CCC3)c12. The van der Waals surface area contributed by atoms with Gasteiger partial charge in [0.05, 0.1) is 12.7 Å². The van der Waals surface area contributed by atoms with Crippen LogP contribution in [0.15, 0.2) is 23.7 Å². The molecule has 1 saturated carbocycles. The molecule has 2 aromatic heterocycles. The maximum absolute atomic E-state index is 8.37. The van der Waals surface area contributed by atoms with Gasteiger partial charge in [-0.15, -0.1) is 0 Å². The summed E-state index contributed by atoms with van der Waals surface area (Å²) in [5.74, 6) is 0.799. The lowest BCUT2D eigenvalue weighted by molar-refractivity contribution is 0.279. The third-order valence-electron chi connectivity index (χ3n) is 3.49. The van der Waals surface area contributed by atoms with Crippen LogP contribution in [0.25, 0.3) is 16.1 Å². The largest absolute Gasteiger partial charge is 0.331 e. The summed E-state index contributed by atoms with van der Waals surface area (Å²) in [6.07, 6.45) is 9.79. The fourth-order valence-corrected chi connectivity index (χ4v) is 2.35. The Balaban J connectivity index is 1.93. The molecule has 1 aliphatic carbocycles. The summed E-state index contributed by atoms with van der Waals surface area (Å²) >= 11 is 0. The van der Waals surface area contributed by atoms with Crippen molar-refractivity contribution in [2.75, 3.05) is 0 Å². The van der Waals surface area contributed by atoms with E-state index in [2.05, 4.69) is 25.9 Å². The van der Waals surface area contributed by atoms with Crippen LogP contribution in [0.3, 0.4) is 0 Å². The second-order valence-electron chi connectivity index (χ2n) is 4.57. The van der Waals surface area contributed by atoms with E-state index in [0.29, 0.717) is 6.54 Å². The zero-order chi connectivity index (χ0) is 11.7. The first-order valence-electron chi connectivity index (χ1n) is 5.90. The Bertz CT molecular complexity index is 570. The van der Waals surface area contributed by atoms with Gasteiger partial charge >= 0.3 is 0 Å². The molecular formula is C11H14N6. The van der Waals surface area contributed by atoms with Crippen molar-refractivity contribution < 1.29 is 0 Å². The minimum Gasteiger partial charge on any atom is -0.331 e. The molecular weight excluding hydrogens is 216 g/mol.